The molecule has 1 aliphatic rings. The van der Waals surface area contributed by atoms with Crippen LogP contribution < -0.4 is 21.1 Å². The Kier molecular flexibility index (Phi) is 4.48. The third-order valence-electron chi connectivity index (χ3n) is 5.82. The largest absolute Gasteiger partial charge is 0.458 e. The zero-order valence-corrected chi connectivity index (χ0v) is 16.8. The second-order valence-corrected chi connectivity index (χ2v) is 7.94. The van der Waals surface area contributed by atoms with Gasteiger partial charge in [-0.1, -0.05) is 104 Å². The second kappa shape index (κ2) is 7.29. The van der Waals surface area contributed by atoms with Crippen molar-refractivity contribution >= 4 is 23.1 Å². The monoisotopic (exact) mass is 374 g/mol. The Labute approximate surface area is 173 Å². The van der Waals surface area contributed by atoms with Crippen molar-refractivity contribution in [2.75, 3.05) is 0 Å². The molecule has 140 valence electrons. The number of rotatable bonds is 3. The smallest absolute Gasteiger partial charge is 0.251 e. The fraction of sp³-hybridized carbons (Fsp3) is 0.111. The van der Waals surface area contributed by atoms with Crippen LogP contribution in [0.4, 0.5) is 0 Å². The molecule has 0 bridgehead atoms. The van der Waals surface area contributed by atoms with Gasteiger partial charge in [-0.05, 0) is 45.7 Å². The first-order valence-electron chi connectivity index (χ1n) is 10.3. The molecule has 0 spiro atoms. The Hall–Kier alpha value is -3.26. The number of para-hydroxylation sites is 2. The zero-order valence-electron chi connectivity index (χ0n) is 16.8. The molecule has 1 aliphatic heterocycles. The van der Waals surface area contributed by atoms with Gasteiger partial charge in [0.2, 0.25) is 0 Å². The molecule has 4 aromatic rings. The molecule has 29 heavy (non-hydrogen) atoms. The van der Waals surface area contributed by atoms with Crippen molar-refractivity contribution in [1.29, 1.82) is 0 Å². The van der Waals surface area contributed by atoms with E-state index in [-0.39, 0.29) is 6.71 Å². The van der Waals surface area contributed by atoms with Gasteiger partial charge in [0.15, 0.2) is 0 Å². The summed E-state index contributed by atoms with van der Waals surface area (Å²) < 4.78 is 6.24. The van der Waals surface area contributed by atoms with Crippen LogP contribution in [0, 0.1) is 0 Å². The van der Waals surface area contributed by atoms with E-state index in [1.807, 2.05) is 12.1 Å². The van der Waals surface area contributed by atoms with Gasteiger partial charge in [0.25, 0.3) is 6.71 Å². The van der Waals surface area contributed by atoms with Crippen molar-refractivity contribution in [2.24, 2.45) is 0 Å². The van der Waals surface area contributed by atoms with E-state index in [0.29, 0.717) is 5.92 Å². The van der Waals surface area contributed by atoms with Gasteiger partial charge in [0.1, 0.15) is 11.5 Å². The molecule has 0 unspecified atom stereocenters. The number of hydrogen-bond donors (Lipinski definition) is 0. The first-order chi connectivity index (χ1) is 14.2. The Bertz CT molecular complexity index is 1130. The van der Waals surface area contributed by atoms with Crippen LogP contribution >= 0.6 is 0 Å². The fourth-order valence-electron chi connectivity index (χ4n) is 4.48. The van der Waals surface area contributed by atoms with Crippen molar-refractivity contribution in [1.82, 2.24) is 0 Å². The first-order valence-corrected chi connectivity index (χ1v) is 10.3. The molecule has 2 heteroatoms. The van der Waals surface area contributed by atoms with E-state index in [9.17, 15) is 0 Å². The van der Waals surface area contributed by atoms with E-state index in [2.05, 4.69) is 98.8 Å². The summed E-state index contributed by atoms with van der Waals surface area (Å²) in [6.07, 6.45) is 0. The molecule has 0 fully saturated rings. The van der Waals surface area contributed by atoms with Crippen molar-refractivity contribution in [3.8, 4) is 22.6 Å². The van der Waals surface area contributed by atoms with E-state index in [0.717, 1.165) is 11.5 Å². The molecule has 0 amide bonds. The van der Waals surface area contributed by atoms with Crippen molar-refractivity contribution in [2.45, 2.75) is 19.8 Å². The standard InChI is InChI=1S/C27H23BO/c1-19(2)20-11-3-4-12-21(20)22-13-5-6-14-23(22)28-24-15-7-9-17-26(24)29-27-18-10-8-16-25(27)28/h3-19H,1-2H3. The van der Waals surface area contributed by atoms with Crippen LogP contribution in [-0.4, -0.2) is 6.71 Å². The van der Waals surface area contributed by atoms with Crippen LogP contribution in [0.5, 0.6) is 11.5 Å². The zero-order chi connectivity index (χ0) is 19.8. The molecule has 0 aliphatic carbocycles. The van der Waals surface area contributed by atoms with Crippen LogP contribution in [0.1, 0.15) is 25.3 Å². The summed E-state index contributed by atoms with van der Waals surface area (Å²) in [5.41, 5.74) is 7.77. The third kappa shape index (κ3) is 3.05. The molecule has 0 N–H and O–H groups in total. The Morgan fingerprint density at radius 1 is 0.552 bits per heavy atom. The maximum absolute atomic E-state index is 6.24. The summed E-state index contributed by atoms with van der Waals surface area (Å²) in [6, 6.07) is 34.5. The molecular weight excluding hydrogens is 351 g/mol. The van der Waals surface area contributed by atoms with Crippen LogP contribution in [0.15, 0.2) is 97.1 Å². The lowest BCUT2D eigenvalue weighted by molar-refractivity contribution is 0.487. The topological polar surface area (TPSA) is 9.23 Å². The Balaban J connectivity index is 1.78. The highest BCUT2D eigenvalue weighted by atomic mass is 16.5. The van der Waals surface area contributed by atoms with Gasteiger partial charge in [0.05, 0.1) is 0 Å². The quantitative estimate of drug-likeness (QED) is 0.399. The lowest BCUT2D eigenvalue weighted by atomic mass is 9.35. The molecule has 4 aromatic carbocycles. The highest BCUT2D eigenvalue weighted by Crippen LogP contribution is 2.30. The number of benzene rings is 4. The van der Waals surface area contributed by atoms with Crippen LogP contribution in [0.2, 0.25) is 0 Å². The Morgan fingerprint density at radius 3 is 1.66 bits per heavy atom. The van der Waals surface area contributed by atoms with E-state index in [1.54, 1.807) is 0 Å². The van der Waals surface area contributed by atoms with Gasteiger partial charge in [-0.15, -0.1) is 0 Å². The maximum Gasteiger partial charge on any atom is 0.251 e. The van der Waals surface area contributed by atoms with Crippen LogP contribution in [0.3, 0.4) is 0 Å². The highest BCUT2D eigenvalue weighted by Gasteiger charge is 2.33. The molecule has 1 heterocycles. The highest BCUT2D eigenvalue weighted by molar-refractivity contribution is 6.97. The Morgan fingerprint density at radius 2 is 1.03 bits per heavy atom. The van der Waals surface area contributed by atoms with E-state index in [1.165, 1.54) is 33.1 Å². The van der Waals surface area contributed by atoms with Gasteiger partial charge in [0, 0.05) is 0 Å². The summed E-state index contributed by atoms with van der Waals surface area (Å²) in [5, 5.41) is 0. The van der Waals surface area contributed by atoms with Gasteiger partial charge in [-0.3, -0.25) is 0 Å². The minimum atomic E-state index is 0.146. The van der Waals surface area contributed by atoms with Crippen LogP contribution in [0.25, 0.3) is 11.1 Å². The van der Waals surface area contributed by atoms with Crippen LogP contribution in [-0.2, 0) is 0 Å². The average Bonchev–Trinajstić information content (AvgIpc) is 2.77. The molecule has 1 nitrogen and oxygen atoms in total. The molecule has 0 saturated heterocycles. The van der Waals surface area contributed by atoms with Gasteiger partial charge in [-0.2, -0.15) is 0 Å². The fourth-order valence-corrected chi connectivity index (χ4v) is 4.48. The summed E-state index contributed by atoms with van der Waals surface area (Å²) in [6.45, 7) is 4.67. The lowest BCUT2D eigenvalue weighted by Crippen LogP contribution is -2.55. The van der Waals surface area contributed by atoms with Gasteiger partial charge < -0.3 is 4.74 Å². The van der Waals surface area contributed by atoms with E-state index >= 15 is 0 Å². The second-order valence-electron chi connectivity index (χ2n) is 7.94. The van der Waals surface area contributed by atoms with Gasteiger partial charge in [-0.25, -0.2) is 0 Å². The number of ether oxygens (including phenoxy) is 1. The molecule has 0 saturated carbocycles. The third-order valence-corrected chi connectivity index (χ3v) is 5.82. The lowest BCUT2D eigenvalue weighted by Gasteiger charge is -2.28. The summed E-state index contributed by atoms with van der Waals surface area (Å²) in [5.74, 6) is 2.36. The minimum Gasteiger partial charge on any atom is -0.458 e. The summed E-state index contributed by atoms with van der Waals surface area (Å²) in [4.78, 5) is 0. The van der Waals surface area contributed by atoms with E-state index in [4.69, 9.17) is 4.74 Å². The van der Waals surface area contributed by atoms with Gasteiger partial charge >= 0.3 is 0 Å². The van der Waals surface area contributed by atoms with Crippen molar-refractivity contribution in [3.05, 3.63) is 103 Å². The normalized spacial score (nSPS) is 12.3. The van der Waals surface area contributed by atoms with Crippen molar-refractivity contribution < 1.29 is 4.74 Å². The number of hydrogen-bond acceptors (Lipinski definition) is 1. The van der Waals surface area contributed by atoms with E-state index < -0.39 is 0 Å². The summed E-state index contributed by atoms with van der Waals surface area (Å²) >= 11 is 0. The predicted molar refractivity (Wildman–Crippen MR) is 124 cm³/mol. The average molecular weight is 374 g/mol. The molecule has 0 atom stereocenters. The molecular formula is C27H23BO. The summed E-state index contributed by atoms with van der Waals surface area (Å²) in [7, 11) is 0. The van der Waals surface area contributed by atoms with Crippen molar-refractivity contribution in [3.63, 3.8) is 0 Å². The predicted octanol–water partition coefficient (Wildman–Crippen LogP) is 5.10. The SMILES string of the molecule is CC(C)c1ccccc1-c1ccccc1B1c2ccccc2Oc2ccccc21. The molecule has 5 rings (SSSR count). The molecule has 0 aromatic heterocycles. The molecule has 0 radical (unpaired) electrons. The number of fused-ring (bicyclic) bond motifs is 2. The maximum atomic E-state index is 6.24. The minimum absolute atomic E-state index is 0.146. The first kappa shape index (κ1) is 17.8.